The quantitative estimate of drug-likeness (QED) is 0.128. The molecule has 0 saturated carbocycles. The van der Waals surface area contributed by atoms with Gasteiger partial charge in [0.1, 0.15) is 0 Å². The molecule has 0 aliphatic carbocycles. The van der Waals surface area contributed by atoms with Crippen molar-refractivity contribution in [2.24, 2.45) is 0 Å². The normalized spacial score (nSPS) is 11.3. The molecule has 7 aromatic rings. The van der Waals surface area contributed by atoms with Gasteiger partial charge < -0.3 is 9.97 Å². The summed E-state index contributed by atoms with van der Waals surface area (Å²) in [6.07, 6.45) is 4.01. The first-order valence-electron chi connectivity index (χ1n) is 15.5. The molecule has 0 N–H and O–H groups in total. The van der Waals surface area contributed by atoms with E-state index >= 15 is 0 Å². The summed E-state index contributed by atoms with van der Waals surface area (Å²) in [5.41, 5.74) is 9.28. The van der Waals surface area contributed by atoms with E-state index in [4.69, 9.17) is 4.98 Å². The maximum atomic E-state index is 4.75. The van der Waals surface area contributed by atoms with Crippen LogP contribution >= 0.6 is 11.3 Å². The number of aromatic nitrogens is 2. The standard InChI is InChI=1S/C27H22NS.C14H16NSi.Ir/c1-17(2)23-15-25(28-16-18(23)3)22-11-7-10-21-24-14-20(19-8-5-4-6-9-19)12-13-26(24)29-27(21)22;1-16(2,3)13-9-10-14(15-11-13)12-7-5-4-6-8-12;/h4-10,12-17H,1-3H3;4-7,9-11H,1-3H3;/q2*-1;. The summed E-state index contributed by atoms with van der Waals surface area (Å²) < 4.78 is 2.57. The molecule has 0 atom stereocenters. The SMILES string of the molecule is C[Si](C)(C)c1ccc(-c2[c-]cccc2)nc1.Cc1cnc(-c2[c-]ccc3c2sc2ccc(-c4ccccc4)cc23)cc1C(C)C.[Ir]. The number of fused-ring (bicyclic) bond motifs is 3. The van der Waals surface area contributed by atoms with Crippen LogP contribution in [0.15, 0.2) is 116 Å². The molecule has 0 aliphatic rings. The minimum Gasteiger partial charge on any atom is -0.305 e. The van der Waals surface area contributed by atoms with Crippen LogP contribution in [-0.4, -0.2) is 18.0 Å². The number of thiophene rings is 1. The second-order valence-corrected chi connectivity index (χ2v) is 18.9. The van der Waals surface area contributed by atoms with Crippen molar-refractivity contribution in [2.45, 2.75) is 46.3 Å². The molecule has 0 unspecified atom stereocenters. The summed E-state index contributed by atoms with van der Waals surface area (Å²) >= 11 is 1.83. The maximum Gasteiger partial charge on any atom is 0.0795 e. The molecule has 3 aromatic heterocycles. The van der Waals surface area contributed by atoms with Gasteiger partial charge in [-0.2, -0.15) is 11.3 Å². The van der Waals surface area contributed by atoms with E-state index in [2.05, 4.69) is 130 Å². The Balaban J connectivity index is 0.000000209. The fourth-order valence-electron chi connectivity index (χ4n) is 5.59. The Morgan fingerprint density at radius 3 is 2.13 bits per heavy atom. The van der Waals surface area contributed by atoms with E-state index in [1.807, 2.05) is 54.1 Å². The Labute approximate surface area is 292 Å². The summed E-state index contributed by atoms with van der Waals surface area (Å²) in [7, 11) is -1.23. The number of hydrogen-bond donors (Lipinski definition) is 0. The van der Waals surface area contributed by atoms with Crippen LogP contribution in [0, 0.1) is 19.1 Å². The molecule has 0 saturated heterocycles. The second-order valence-electron chi connectivity index (χ2n) is 12.8. The molecule has 0 amide bonds. The number of aryl methyl sites for hydroxylation is 1. The fraction of sp³-hybridized carbons (Fsp3) is 0.171. The zero-order chi connectivity index (χ0) is 31.6. The first kappa shape index (κ1) is 33.6. The predicted molar refractivity (Wildman–Crippen MR) is 197 cm³/mol. The molecule has 1 radical (unpaired) electrons. The van der Waals surface area contributed by atoms with E-state index in [9.17, 15) is 0 Å². The van der Waals surface area contributed by atoms with E-state index in [0.29, 0.717) is 5.92 Å². The molecule has 46 heavy (non-hydrogen) atoms. The predicted octanol–water partition coefficient (Wildman–Crippen LogP) is 11.1. The van der Waals surface area contributed by atoms with E-state index in [1.54, 1.807) is 0 Å². The largest absolute Gasteiger partial charge is 0.305 e. The Bertz CT molecular complexity index is 2060. The molecular weight excluding hydrogens is 773 g/mol. The average molecular weight is 811 g/mol. The maximum absolute atomic E-state index is 4.75. The second kappa shape index (κ2) is 14.4. The Kier molecular flexibility index (Phi) is 10.5. The van der Waals surface area contributed by atoms with Crippen LogP contribution in [0.2, 0.25) is 19.6 Å². The van der Waals surface area contributed by atoms with E-state index in [-0.39, 0.29) is 20.1 Å². The van der Waals surface area contributed by atoms with Gasteiger partial charge in [-0.1, -0.05) is 93.5 Å². The van der Waals surface area contributed by atoms with Crippen LogP contribution in [0.5, 0.6) is 0 Å². The number of hydrogen-bond acceptors (Lipinski definition) is 3. The van der Waals surface area contributed by atoms with Crippen molar-refractivity contribution in [1.29, 1.82) is 0 Å². The molecule has 0 spiro atoms. The molecule has 0 bridgehead atoms. The number of nitrogens with zero attached hydrogens (tertiary/aromatic N) is 2. The Morgan fingerprint density at radius 1 is 0.696 bits per heavy atom. The average Bonchev–Trinajstić information content (AvgIpc) is 3.44. The van der Waals surface area contributed by atoms with Crippen LogP contribution in [0.4, 0.5) is 0 Å². The van der Waals surface area contributed by atoms with Crippen LogP contribution < -0.4 is 5.19 Å². The first-order valence-corrected chi connectivity index (χ1v) is 19.8. The zero-order valence-corrected chi connectivity index (χ0v) is 31.4. The molecule has 233 valence electrons. The van der Waals surface area contributed by atoms with Gasteiger partial charge >= 0.3 is 0 Å². The molecule has 0 fully saturated rings. The van der Waals surface area contributed by atoms with Crippen LogP contribution in [0.3, 0.4) is 0 Å². The van der Waals surface area contributed by atoms with Crippen molar-refractivity contribution in [1.82, 2.24) is 9.97 Å². The van der Waals surface area contributed by atoms with Gasteiger partial charge in [0.15, 0.2) is 0 Å². The van der Waals surface area contributed by atoms with E-state index in [0.717, 1.165) is 22.5 Å². The molecular formula is C41H38IrN2SSi-2. The van der Waals surface area contributed by atoms with Crippen molar-refractivity contribution < 1.29 is 20.1 Å². The van der Waals surface area contributed by atoms with Gasteiger partial charge in [-0.05, 0) is 73.9 Å². The van der Waals surface area contributed by atoms with Crippen molar-refractivity contribution in [3.05, 3.63) is 139 Å². The van der Waals surface area contributed by atoms with Crippen molar-refractivity contribution >= 4 is 44.8 Å². The van der Waals surface area contributed by atoms with Gasteiger partial charge in [-0.15, -0.1) is 59.7 Å². The Hall–Kier alpha value is -3.73. The van der Waals surface area contributed by atoms with Crippen molar-refractivity contribution in [3.63, 3.8) is 0 Å². The summed E-state index contributed by atoms with van der Waals surface area (Å²) in [6, 6.07) is 42.7. The molecule has 5 heteroatoms. The summed E-state index contributed by atoms with van der Waals surface area (Å²) in [5, 5.41) is 3.98. The third-order valence-electron chi connectivity index (χ3n) is 8.18. The van der Waals surface area contributed by atoms with Crippen molar-refractivity contribution in [3.8, 4) is 33.6 Å². The van der Waals surface area contributed by atoms with Gasteiger partial charge in [-0.25, -0.2) is 0 Å². The minimum absolute atomic E-state index is 0. The summed E-state index contributed by atoms with van der Waals surface area (Å²) in [4.78, 5) is 9.27. The van der Waals surface area contributed by atoms with Gasteiger partial charge in [0, 0.05) is 37.2 Å². The number of rotatable bonds is 5. The van der Waals surface area contributed by atoms with Crippen LogP contribution in [0.25, 0.3) is 53.8 Å². The third-order valence-corrected chi connectivity index (χ3v) is 11.4. The van der Waals surface area contributed by atoms with Crippen molar-refractivity contribution in [2.75, 3.05) is 0 Å². The molecule has 0 aliphatic heterocycles. The molecule has 7 rings (SSSR count). The van der Waals surface area contributed by atoms with Gasteiger partial charge in [0.05, 0.1) is 8.07 Å². The summed E-state index contributed by atoms with van der Waals surface area (Å²) in [6.45, 7) is 13.6. The number of benzene rings is 4. The zero-order valence-electron chi connectivity index (χ0n) is 27.2. The van der Waals surface area contributed by atoms with E-state index < -0.39 is 8.07 Å². The Morgan fingerprint density at radius 2 is 1.46 bits per heavy atom. The summed E-state index contributed by atoms with van der Waals surface area (Å²) in [5.74, 6) is 0.479. The third kappa shape index (κ3) is 7.29. The number of pyridine rings is 2. The fourth-order valence-corrected chi connectivity index (χ4v) is 7.81. The van der Waals surface area contributed by atoms with Crippen LogP contribution in [0.1, 0.15) is 30.9 Å². The monoisotopic (exact) mass is 811 g/mol. The van der Waals surface area contributed by atoms with Gasteiger partial charge in [0.2, 0.25) is 0 Å². The van der Waals surface area contributed by atoms with Gasteiger partial charge in [0.25, 0.3) is 0 Å². The molecule has 2 nitrogen and oxygen atoms in total. The van der Waals surface area contributed by atoms with Crippen LogP contribution in [-0.2, 0) is 20.1 Å². The smallest absolute Gasteiger partial charge is 0.0795 e. The minimum atomic E-state index is -1.23. The van der Waals surface area contributed by atoms with E-state index in [1.165, 1.54) is 47.6 Å². The molecule has 3 heterocycles. The van der Waals surface area contributed by atoms with Gasteiger partial charge in [-0.3, -0.25) is 0 Å². The molecule has 4 aromatic carbocycles. The first-order chi connectivity index (χ1) is 21.7. The topological polar surface area (TPSA) is 25.8 Å².